The van der Waals surface area contributed by atoms with Crippen molar-refractivity contribution in [1.82, 2.24) is 0 Å². The van der Waals surface area contributed by atoms with Crippen molar-refractivity contribution in [1.29, 1.82) is 0 Å². The molecule has 3 heteroatoms. The van der Waals surface area contributed by atoms with Crippen LogP contribution in [0.25, 0.3) is 44.2 Å². The van der Waals surface area contributed by atoms with Crippen molar-refractivity contribution >= 4 is 57.0 Å². The molecule has 2 heterocycles. The van der Waals surface area contributed by atoms with Crippen LogP contribution in [-0.4, -0.2) is 6.85 Å². The van der Waals surface area contributed by atoms with Crippen molar-refractivity contribution in [2.75, 3.05) is 9.71 Å². The minimum atomic E-state index is -0.148. The Balaban J connectivity index is 1.08. The Kier molecular flexibility index (Phi) is 10.3. The van der Waals surface area contributed by atoms with E-state index in [-0.39, 0.29) is 18.2 Å². The maximum atomic E-state index is 2.70. The van der Waals surface area contributed by atoms with Gasteiger partial charge in [0.05, 0.1) is 0 Å². The lowest BCUT2D eigenvalue weighted by Gasteiger charge is -2.46. The molecule has 0 radical (unpaired) electrons. The zero-order valence-electron chi connectivity index (χ0n) is 41.4. The molecule has 13 rings (SSSR count). The molecule has 1 aliphatic carbocycles. The van der Waals surface area contributed by atoms with Crippen LogP contribution < -0.4 is 20.6 Å². The number of unbranched alkanes of at least 4 members (excludes halogenated alkanes) is 1. The predicted octanol–water partition coefficient (Wildman–Crippen LogP) is 16.7. The fraction of sp³-hybridized carbons (Fsp3) is 0.147. The van der Waals surface area contributed by atoms with Crippen molar-refractivity contribution in [2.45, 2.75) is 65.2 Å². The molecule has 0 saturated heterocycles. The molecule has 3 aliphatic rings. The molecule has 71 heavy (non-hydrogen) atoms. The molecule has 2 aliphatic heterocycles. The van der Waals surface area contributed by atoms with Gasteiger partial charge >= 0.3 is 6.85 Å². The number of rotatable bonds is 9. The third kappa shape index (κ3) is 7.00. The third-order valence-electron chi connectivity index (χ3n) is 16.1. The van der Waals surface area contributed by atoms with Gasteiger partial charge in [0, 0.05) is 45.3 Å². The van der Waals surface area contributed by atoms with E-state index in [2.05, 4.69) is 257 Å². The fourth-order valence-corrected chi connectivity index (χ4v) is 12.6. The van der Waals surface area contributed by atoms with Gasteiger partial charge in [0.1, 0.15) is 0 Å². The van der Waals surface area contributed by atoms with Crippen molar-refractivity contribution in [2.24, 2.45) is 0 Å². The summed E-state index contributed by atoms with van der Waals surface area (Å²) >= 11 is 0. The number of hydrogen-bond donors (Lipinski definition) is 0. The fourth-order valence-electron chi connectivity index (χ4n) is 12.6. The minimum absolute atomic E-state index is 0.0368. The summed E-state index contributed by atoms with van der Waals surface area (Å²) in [5.74, 6) is 0.0368. The van der Waals surface area contributed by atoms with Crippen LogP contribution in [0.15, 0.2) is 212 Å². The normalized spacial score (nSPS) is 14.1. The summed E-state index contributed by atoms with van der Waals surface area (Å²) in [6, 6.07) is 81.0. The van der Waals surface area contributed by atoms with E-state index in [9.17, 15) is 0 Å². The van der Waals surface area contributed by atoms with Crippen molar-refractivity contribution in [3.05, 3.63) is 257 Å². The summed E-state index contributed by atoms with van der Waals surface area (Å²) in [5, 5.41) is 2.50. The topological polar surface area (TPSA) is 6.48 Å². The van der Waals surface area contributed by atoms with Gasteiger partial charge in [-0.15, -0.1) is 0 Å². The molecule has 0 aromatic heterocycles. The van der Waals surface area contributed by atoms with Gasteiger partial charge in [-0.25, -0.2) is 0 Å². The average Bonchev–Trinajstić information content (AvgIpc) is 3.63. The second kappa shape index (κ2) is 16.9. The Morgan fingerprint density at radius 3 is 1.94 bits per heavy atom. The Morgan fingerprint density at radius 1 is 0.479 bits per heavy atom. The molecule has 1 unspecified atom stereocenters. The Bertz CT molecular complexity index is 3700. The quantitative estimate of drug-likeness (QED) is 0.105. The summed E-state index contributed by atoms with van der Waals surface area (Å²) < 4.78 is 0. The van der Waals surface area contributed by atoms with E-state index in [0.717, 1.165) is 6.42 Å². The van der Waals surface area contributed by atoms with Crippen LogP contribution in [0, 0.1) is 13.8 Å². The first-order valence-corrected chi connectivity index (χ1v) is 25.7. The van der Waals surface area contributed by atoms with E-state index < -0.39 is 0 Å². The molecule has 0 N–H and O–H groups in total. The molecule has 0 spiro atoms. The van der Waals surface area contributed by atoms with E-state index in [4.69, 9.17) is 0 Å². The van der Waals surface area contributed by atoms with E-state index >= 15 is 0 Å². The average molecular weight is 913 g/mol. The van der Waals surface area contributed by atoms with Crippen LogP contribution in [0.3, 0.4) is 0 Å². The molecule has 2 nitrogen and oxygen atoms in total. The highest BCUT2D eigenvalue weighted by Crippen LogP contribution is 2.53. The summed E-state index contributed by atoms with van der Waals surface area (Å²) in [7, 11) is 0. The lowest BCUT2D eigenvalue weighted by molar-refractivity contribution is 0.660. The SMILES string of the molecule is CCCCc1ccc(C(c2ccccc2)c2ccc3c(c2)N(c2ccc(-c4ccccc4)cc2C)c2cc(C)cc4c2B3N(c2ccc3c(c2)C(C)(C)c2ccccc2-3)c2cc3ccccc3cc2-4)cc1. The Labute approximate surface area is 420 Å². The van der Waals surface area contributed by atoms with Crippen molar-refractivity contribution in [3.8, 4) is 33.4 Å². The summed E-state index contributed by atoms with van der Waals surface area (Å²) in [5.41, 5.74) is 26.8. The van der Waals surface area contributed by atoms with Crippen LogP contribution in [0.2, 0.25) is 0 Å². The van der Waals surface area contributed by atoms with Gasteiger partial charge < -0.3 is 9.71 Å². The molecule has 0 bridgehead atoms. The second-order valence-electron chi connectivity index (χ2n) is 20.8. The third-order valence-corrected chi connectivity index (χ3v) is 16.1. The monoisotopic (exact) mass is 912 g/mol. The number of benzene rings is 10. The second-order valence-corrected chi connectivity index (χ2v) is 20.8. The lowest BCUT2D eigenvalue weighted by Crippen LogP contribution is -2.61. The molecule has 0 amide bonds. The van der Waals surface area contributed by atoms with Gasteiger partial charge in [0.25, 0.3) is 0 Å². The maximum absolute atomic E-state index is 2.70. The molecule has 1 atom stereocenters. The molecule has 10 aromatic rings. The Morgan fingerprint density at radius 2 is 1.17 bits per heavy atom. The van der Waals surface area contributed by atoms with Gasteiger partial charge in [0.2, 0.25) is 0 Å². The van der Waals surface area contributed by atoms with E-state index in [1.54, 1.807) is 0 Å². The van der Waals surface area contributed by atoms with Crippen LogP contribution in [0.4, 0.5) is 28.4 Å². The minimum Gasteiger partial charge on any atom is -0.376 e. The lowest BCUT2D eigenvalue weighted by atomic mass is 9.43. The summed E-state index contributed by atoms with van der Waals surface area (Å²) in [4.78, 5) is 5.32. The highest BCUT2D eigenvalue weighted by atomic mass is 15.2. The van der Waals surface area contributed by atoms with Crippen molar-refractivity contribution in [3.63, 3.8) is 0 Å². The molecule has 0 fully saturated rings. The van der Waals surface area contributed by atoms with E-state index in [0.29, 0.717) is 0 Å². The molecular formula is C68H57BN2. The standard InChI is InChI=1S/C68H57BN2/c1-6-7-18-46-27-29-49(30-28-46)66(48-21-12-9-13-22-48)53-31-35-61-64(42-53)70(62-36-32-52(39-45(62)3)47-19-10-8-11-20-47)65-38-44(2)37-58-57-40-50-23-14-15-24-51(50)41-63(57)71(69(61)67(58)65)54-33-34-56-55-25-16-17-26-59(55)68(4,5)60(56)43-54/h8-17,19-43,66H,6-7,18H2,1-5H3. The van der Waals surface area contributed by atoms with Gasteiger partial charge in [-0.1, -0.05) is 191 Å². The van der Waals surface area contributed by atoms with Gasteiger partial charge in [-0.3, -0.25) is 0 Å². The zero-order valence-corrected chi connectivity index (χ0v) is 41.4. The van der Waals surface area contributed by atoms with Crippen LogP contribution in [0.1, 0.15) is 84.0 Å². The van der Waals surface area contributed by atoms with Gasteiger partial charge in [0.15, 0.2) is 0 Å². The molecule has 10 aromatic carbocycles. The first-order valence-electron chi connectivity index (χ1n) is 25.7. The van der Waals surface area contributed by atoms with E-state index in [1.165, 1.54) is 141 Å². The molecule has 342 valence electrons. The largest absolute Gasteiger partial charge is 0.376 e. The predicted molar refractivity (Wildman–Crippen MR) is 303 cm³/mol. The Hall–Kier alpha value is -7.88. The highest BCUT2D eigenvalue weighted by Gasteiger charge is 2.46. The maximum Gasteiger partial charge on any atom is 0.333 e. The number of anilines is 5. The smallest absolute Gasteiger partial charge is 0.333 e. The number of fused-ring (bicyclic) bond motifs is 8. The van der Waals surface area contributed by atoms with Crippen LogP contribution >= 0.6 is 0 Å². The first kappa shape index (κ1) is 43.2. The van der Waals surface area contributed by atoms with Crippen molar-refractivity contribution < 1.29 is 0 Å². The number of nitrogens with zero attached hydrogens (tertiary/aromatic N) is 2. The zero-order chi connectivity index (χ0) is 48.0. The molecule has 0 saturated carbocycles. The number of hydrogen-bond acceptors (Lipinski definition) is 2. The summed E-state index contributed by atoms with van der Waals surface area (Å²) in [6.45, 7) is 11.5. The summed E-state index contributed by atoms with van der Waals surface area (Å²) in [6.07, 6.45) is 3.50. The van der Waals surface area contributed by atoms with Crippen LogP contribution in [0.5, 0.6) is 0 Å². The molecular weight excluding hydrogens is 856 g/mol. The van der Waals surface area contributed by atoms with Gasteiger partial charge in [-0.05, 0) is 169 Å². The van der Waals surface area contributed by atoms with E-state index in [1.807, 2.05) is 0 Å². The first-order chi connectivity index (χ1) is 34.7. The van der Waals surface area contributed by atoms with Gasteiger partial charge in [-0.2, -0.15) is 0 Å². The van der Waals surface area contributed by atoms with Crippen LogP contribution in [-0.2, 0) is 11.8 Å². The highest BCUT2D eigenvalue weighted by molar-refractivity contribution is 6.93. The number of aryl methyl sites for hydroxylation is 3.